The van der Waals surface area contributed by atoms with Crippen LogP contribution in [0.2, 0.25) is 0 Å². The molecule has 2 aliphatic rings. The van der Waals surface area contributed by atoms with Gasteiger partial charge < -0.3 is 10.2 Å². The fourth-order valence-corrected chi connectivity index (χ4v) is 2.65. The summed E-state index contributed by atoms with van der Waals surface area (Å²) in [4.78, 5) is 2.67. The monoisotopic (exact) mass is 210 g/mol. The standard InChI is InChI=1S/C13H26N2/c1-10(2)12-9-15(6-5-14-12)8-11-7-13(11,3)4/h10-12,14H,5-9H2,1-4H3. The van der Waals surface area contributed by atoms with Crippen molar-refractivity contribution in [3.63, 3.8) is 0 Å². The summed E-state index contributed by atoms with van der Waals surface area (Å²) >= 11 is 0. The minimum absolute atomic E-state index is 0.637. The van der Waals surface area contributed by atoms with Crippen LogP contribution in [0.5, 0.6) is 0 Å². The summed E-state index contributed by atoms with van der Waals surface area (Å²) in [6.07, 6.45) is 1.43. The smallest absolute Gasteiger partial charge is 0.0218 e. The predicted octanol–water partition coefficient (Wildman–Crippen LogP) is 1.96. The summed E-state index contributed by atoms with van der Waals surface area (Å²) in [6, 6.07) is 0.709. The average Bonchev–Trinajstić information content (AvgIpc) is 2.74. The highest BCUT2D eigenvalue weighted by Gasteiger charge is 2.46. The molecule has 0 radical (unpaired) electrons. The zero-order valence-electron chi connectivity index (χ0n) is 10.7. The second-order valence-electron chi connectivity index (χ2n) is 6.45. The summed E-state index contributed by atoms with van der Waals surface area (Å²) in [5.41, 5.74) is 0.637. The fourth-order valence-electron chi connectivity index (χ4n) is 2.65. The third-order valence-electron chi connectivity index (χ3n) is 4.29. The molecule has 2 nitrogen and oxygen atoms in total. The van der Waals surface area contributed by atoms with Gasteiger partial charge in [-0.05, 0) is 23.7 Å². The third-order valence-corrected chi connectivity index (χ3v) is 4.29. The van der Waals surface area contributed by atoms with Crippen molar-refractivity contribution in [2.75, 3.05) is 26.2 Å². The van der Waals surface area contributed by atoms with Crippen LogP contribution < -0.4 is 5.32 Å². The zero-order chi connectivity index (χ0) is 11.1. The summed E-state index contributed by atoms with van der Waals surface area (Å²) in [5.74, 6) is 1.73. The molecule has 2 rings (SSSR count). The molecule has 0 spiro atoms. The van der Waals surface area contributed by atoms with Gasteiger partial charge in [-0.3, -0.25) is 0 Å². The van der Waals surface area contributed by atoms with E-state index >= 15 is 0 Å². The van der Waals surface area contributed by atoms with Crippen LogP contribution in [0.15, 0.2) is 0 Å². The van der Waals surface area contributed by atoms with Crippen LogP contribution in [0.25, 0.3) is 0 Å². The molecular formula is C13H26N2. The van der Waals surface area contributed by atoms with Gasteiger partial charge >= 0.3 is 0 Å². The van der Waals surface area contributed by atoms with Gasteiger partial charge in [0.1, 0.15) is 0 Å². The largest absolute Gasteiger partial charge is 0.311 e. The van der Waals surface area contributed by atoms with Gasteiger partial charge in [0.05, 0.1) is 0 Å². The van der Waals surface area contributed by atoms with Crippen molar-refractivity contribution < 1.29 is 0 Å². The van der Waals surface area contributed by atoms with E-state index in [0.29, 0.717) is 11.5 Å². The lowest BCUT2D eigenvalue weighted by Gasteiger charge is -2.36. The maximum absolute atomic E-state index is 3.62. The molecule has 1 heterocycles. The number of hydrogen-bond donors (Lipinski definition) is 1. The molecule has 1 N–H and O–H groups in total. The molecule has 1 saturated carbocycles. The van der Waals surface area contributed by atoms with E-state index in [9.17, 15) is 0 Å². The van der Waals surface area contributed by atoms with Crippen LogP contribution in [-0.4, -0.2) is 37.1 Å². The van der Waals surface area contributed by atoms with Gasteiger partial charge in [-0.15, -0.1) is 0 Å². The van der Waals surface area contributed by atoms with Crippen LogP contribution in [0.3, 0.4) is 0 Å². The fraction of sp³-hybridized carbons (Fsp3) is 1.00. The maximum Gasteiger partial charge on any atom is 0.0218 e. The Bertz CT molecular complexity index is 221. The number of hydrogen-bond acceptors (Lipinski definition) is 2. The minimum atomic E-state index is 0.637. The highest BCUT2D eigenvalue weighted by molar-refractivity contribution is 4.97. The molecule has 0 aromatic rings. The first kappa shape index (κ1) is 11.4. The second kappa shape index (κ2) is 4.06. The van der Waals surface area contributed by atoms with Gasteiger partial charge in [0.2, 0.25) is 0 Å². The molecule has 0 aromatic carbocycles. The van der Waals surface area contributed by atoms with E-state index in [1.807, 2.05) is 0 Å². The van der Waals surface area contributed by atoms with Crippen molar-refractivity contribution in [3.8, 4) is 0 Å². The van der Waals surface area contributed by atoms with Crippen LogP contribution in [0, 0.1) is 17.3 Å². The highest BCUT2D eigenvalue weighted by atomic mass is 15.2. The van der Waals surface area contributed by atoms with Crippen LogP contribution in [0.4, 0.5) is 0 Å². The zero-order valence-corrected chi connectivity index (χ0v) is 10.7. The Balaban J connectivity index is 1.78. The lowest BCUT2D eigenvalue weighted by atomic mass is 10.0. The van der Waals surface area contributed by atoms with Gasteiger partial charge in [-0.1, -0.05) is 27.7 Å². The summed E-state index contributed by atoms with van der Waals surface area (Å²) in [5, 5.41) is 3.62. The van der Waals surface area contributed by atoms with Crippen molar-refractivity contribution >= 4 is 0 Å². The molecule has 0 bridgehead atoms. The average molecular weight is 210 g/mol. The van der Waals surface area contributed by atoms with Crippen molar-refractivity contribution in [2.45, 2.75) is 40.2 Å². The highest BCUT2D eigenvalue weighted by Crippen LogP contribution is 2.51. The first-order chi connectivity index (χ1) is 6.99. The molecule has 2 unspecified atom stereocenters. The number of nitrogens with zero attached hydrogens (tertiary/aromatic N) is 1. The van der Waals surface area contributed by atoms with Gasteiger partial charge in [0.15, 0.2) is 0 Å². The van der Waals surface area contributed by atoms with Gasteiger partial charge in [-0.25, -0.2) is 0 Å². The van der Waals surface area contributed by atoms with Gasteiger partial charge in [-0.2, -0.15) is 0 Å². The number of rotatable bonds is 3. The van der Waals surface area contributed by atoms with E-state index in [4.69, 9.17) is 0 Å². The van der Waals surface area contributed by atoms with E-state index in [0.717, 1.165) is 11.8 Å². The Labute approximate surface area is 94.4 Å². The summed E-state index contributed by atoms with van der Waals surface area (Å²) in [6.45, 7) is 14.5. The molecule has 1 aliphatic heterocycles. The van der Waals surface area contributed by atoms with Crippen LogP contribution in [-0.2, 0) is 0 Å². The summed E-state index contributed by atoms with van der Waals surface area (Å²) in [7, 11) is 0. The molecule has 2 heteroatoms. The first-order valence-corrected chi connectivity index (χ1v) is 6.45. The van der Waals surface area contributed by atoms with E-state index < -0.39 is 0 Å². The lowest BCUT2D eigenvalue weighted by Crippen LogP contribution is -2.53. The van der Waals surface area contributed by atoms with E-state index in [1.165, 1.54) is 32.6 Å². The van der Waals surface area contributed by atoms with E-state index in [2.05, 4.69) is 37.9 Å². The molecule has 2 atom stereocenters. The maximum atomic E-state index is 3.62. The van der Waals surface area contributed by atoms with Crippen molar-refractivity contribution in [1.29, 1.82) is 0 Å². The molecule has 0 aromatic heterocycles. The SMILES string of the molecule is CC(C)C1CN(CC2CC2(C)C)CCN1. The van der Waals surface area contributed by atoms with E-state index in [-0.39, 0.29) is 0 Å². The minimum Gasteiger partial charge on any atom is -0.311 e. The number of nitrogens with one attached hydrogen (secondary N) is 1. The molecule has 0 amide bonds. The number of piperazine rings is 1. The predicted molar refractivity (Wildman–Crippen MR) is 65.0 cm³/mol. The molecule has 15 heavy (non-hydrogen) atoms. The Morgan fingerprint density at radius 2 is 2.07 bits per heavy atom. The first-order valence-electron chi connectivity index (χ1n) is 6.45. The Hall–Kier alpha value is -0.0800. The normalized spacial score (nSPS) is 35.8. The third kappa shape index (κ3) is 2.73. The summed E-state index contributed by atoms with van der Waals surface area (Å²) < 4.78 is 0. The Kier molecular flexibility index (Phi) is 3.09. The molecular weight excluding hydrogens is 184 g/mol. The molecule has 2 fully saturated rings. The van der Waals surface area contributed by atoms with E-state index in [1.54, 1.807) is 0 Å². The lowest BCUT2D eigenvalue weighted by molar-refractivity contribution is 0.164. The molecule has 1 saturated heterocycles. The van der Waals surface area contributed by atoms with Crippen molar-refractivity contribution in [3.05, 3.63) is 0 Å². The van der Waals surface area contributed by atoms with Crippen molar-refractivity contribution in [1.82, 2.24) is 10.2 Å². The van der Waals surface area contributed by atoms with Crippen molar-refractivity contribution in [2.24, 2.45) is 17.3 Å². The Morgan fingerprint density at radius 3 is 2.60 bits per heavy atom. The molecule has 88 valence electrons. The topological polar surface area (TPSA) is 15.3 Å². The van der Waals surface area contributed by atoms with Gasteiger partial charge in [0, 0.05) is 32.2 Å². The second-order valence-corrected chi connectivity index (χ2v) is 6.45. The quantitative estimate of drug-likeness (QED) is 0.766. The van der Waals surface area contributed by atoms with Crippen LogP contribution in [0.1, 0.15) is 34.1 Å². The molecule has 1 aliphatic carbocycles. The van der Waals surface area contributed by atoms with Crippen LogP contribution >= 0.6 is 0 Å². The Morgan fingerprint density at radius 1 is 1.40 bits per heavy atom. The van der Waals surface area contributed by atoms with Gasteiger partial charge in [0.25, 0.3) is 0 Å².